The Labute approximate surface area is 180 Å². The topological polar surface area (TPSA) is 52.9 Å². The van der Waals surface area contributed by atoms with Gasteiger partial charge in [0.1, 0.15) is 5.69 Å². The molecule has 30 heavy (non-hydrogen) atoms. The van der Waals surface area contributed by atoms with Crippen LogP contribution in [-0.4, -0.2) is 49.9 Å². The standard InChI is InChI=1S/C23H25ClN2O4/c1-28-9-8-26-19-5-4-18(24)10-16(19)11-20(26)23(27)25-7-6-15-12-21(29-2)22(30-3)13-17(15)14-25/h4-5,10-13H,6-9,14H2,1-3H3. The van der Waals surface area contributed by atoms with E-state index in [0.29, 0.717) is 48.5 Å². The highest BCUT2D eigenvalue weighted by atomic mass is 35.5. The van der Waals surface area contributed by atoms with Crippen molar-refractivity contribution in [2.75, 3.05) is 34.5 Å². The Hall–Kier alpha value is -2.70. The molecular weight excluding hydrogens is 404 g/mol. The number of hydrogen-bond donors (Lipinski definition) is 0. The van der Waals surface area contributed by atoms with Crippen molar-refractivity contribution in [1.82, 2.24) is 9.47 Å². The van der Waals surface area contributed by atoms with Crippen molar-refractivity contribution in [2.45, 2.75) is 19.5 Å². The van der Waals surface area contributed by atoms with Crippen molar-refractivity contribution < 1.29 is 19.0 Å². The smallest absolute Gasteiger partial charge is 0.270 e. The Bertz CT molecular complexity index is 1090. The van der Waals surface area contributed by atoms with Crippen LogP contribution in [0.2, 0.25) is 5.02 Å². The second-order valence-corrected chi connectivity index (χ2v) is 7.77. The number of aromatic nitrogens is 1. The van der Waals surface area contributed by atoms with Crippen molar-refractivity contribution in [3.63, 3.8) is 0 Å². The van der Waals surface area contributed by atoms with Crippen molar-refractivity contribution in [3.05, 3.63) is 58.2 Å². The molecule has 6 nitrogen and oxygen atoms in total. The third-order valence-electron chi connectivity index (χ3n) is 5.61. The third kappa shape index (κ3) is 3.73. The molecule has 0 atom stereocenters. The highest BCUT2D eigenvalue weighted by molar-refractivity contribution is 6.31. The SMILES string of the molecule is COCCn1c(C(=O)N2CCc3cc(OC)c(OC)cc3C2)cc2cc(Cl)ccc21. The predicted molar refractivity (Wildman–Crippen MR) is 117 cm³/mol. The molecule has 0 unspecified atom stereocenters. The van der Waals surface area contributed by atoms with Gasteiger partial charge in [-0.25, -0.2) is 0 Å². The normalized spacial score (nSPS) is 13.4. The fourth-order valence-electron chi connectivity index (χ4n) is 4.06. The van der Waals surface area contributed by atoms with Gasteiger partial charge < -0.3 is 23.7 Å². The number of ether oxygens (including phenoxy) is 3. The molecule has 1 amide bonds. The van der Waals surface area contributed by atoms with E-state index in [-0.39, 0.29) is 5.91 Å². The zero-order chi connectivity index (χ0) is 21.3. The Kier molecular flexibility index (Phi) is 5.88. The van der Waals surface area contributed by atoms with Gasteiger partial charge in [0.2, 0.25) is 0 Å². The molecule has 0 N–H and O–H groups in total. The highest BCUT2D eigenvalue weighted by Gasteiger charge is 2.26. The summed E-state index contributed by atoms with van der Waals surface area (Å²) in [4.78, 5) is 15.4. The van der Waals surface area contributed by atoms with Gasteiger partial charge in [-0.1, -0.05) is 11.6 Å². The second kappa shape index (κ2) is 8.58. The lowest BCUT2D eigenvalue weighted by Crippen LogP contribution is -2.37. The van der Waals surface area contributed by atoms with Crippen molar-refractivity contribution >= 4 is 28.4 Å². The average molecular weight is 429 g/mol. The van der Waals surface area contributed by atoms with Crippen molar-refractivity contribution in [1.29, 1.82) is 0 Å². The number of hydrogen-bond acceptors (Lipinski definition) is 4. The number of rotatable bonds is 6. The molecule has 3 aromatic rings. The lowest BCUT2D eigenvalue weighted by atomic mass is 9.98. The van der Waals surface area contributed by atoms with Crippen molar-refractivity contribution in [3.8, 4) is 11.5 Å². The van der Waals surface area contributed by atoms with Crippen molar-refractivity contribution in [2.24, 2.45) is 0 Å². The summed E-state index contributed by atoms with van der Waals surface area (Å²) in [6.45, 7) is 2.29. The van der Waals surface area contributed by atoms with Crippen LogP contribution in [0.25, 0.3) is 10.9 Å². The third-order valence-corrected chi connectivity index (χ3v) is 5.84. The number of carbonyl (C=O) groups excluding carboxylic acids is 1. The number of carbonyl (C=O) groups is 1. The summed E-state index contributed by atoms with van der Waals surface area (Å²) in [5.74, 6) is 1.39. The quantitative estimate of drug-likeness (QED) is 0.591. The monoisotopic (exact) mass is 428 g/mol. The van der Waals surface area contributed by atoms with Crippen LogP contribution in [0.1, 0.15) is 21.6 Å². The van der Waals surface area contributed by atoms with E-state index in [1.165, 1.54) is 5.56 Å². The summed E-state index contributed by atoms with van der Waals surface area (Å²) < 4.78 is 18.1. The molecule has 0 bridgehead atoms. The van der Waals surface area contributed by atoms with Gasteiger partial charge in [-0.15, -0.1) is 0 Å². The molecule has 0 radical (unpaired) electrons. The molecule has 158 valence electrons. The molecule has 1 aliphatic heterocycles. The van der Waals surface area contributed by atoms with Crippen LogP contribution in [0.5, 0.6) is 11.5 Å². The van der Waals surface area contributed by atoms with E-state index in [1.807, 2.05) is 45.9 Å². The van der Waals surface area contributed by atoms with Gasteiger partial charge in [0.25, 0.3) is 5.91 Å². The first-order chi connectivity index (χ1) is 14.5. The van der Waals surface area contributed by atoms with Crippen LogP contribution in [0, 0.1) is 0 Å². The van der Waals surface area contributed by atoms with Gasteiger partial charge in [-0.3, -0.25) is 4.79 Å². The number of halogens is 1. The van der Waals surface area contributed by atoms with Crippen LogP contribution in [-0.2, 0) is 24.2 Å². The maximum atomic E-state index is 13.5. The Balaban J connectivity index is 1.67. The molecule has 2 heterocycles. The molecule has 0 saturated carbocycles. The molecule has 1 aromatic heterocycles. The Morgan fingerprint density at radius 2 is 1.77 bits per heavy atom. The van der Waals surface area contributed by atoms with Gasteiger partial charge in [-0.05, 0) is 53.9 Å². The summed E-state index contributed by atoms with van der Waals surface area (Å²) in [6.07, 6.45) is 0.769. The fraction of sp³-hybridized carbons (Fsp3) is 0.348. The van der Waals surface area contributed by atoms with Crippen LogP contribution in [0.3, 0.4) is 0 Å². The van der Waals surface area contributed by atoms with E-state index in [1.54, 1.807) is 21.3 Å². The van der Waals surface area contributed by atoms with E-state index >= 15 is 0 Å². The van der Waals surface area contributed by atoms with Crippen LogP contribution in [0.15, 0.2) is 36.4 Å². The van der Waals surface area contributed by atoms with Crippen LogP contribution >= 0.6 is 11.6 Å². The molecule has 2 aromatic carbocycles. The molecule has 0 fully saturated rings. The van der Waals surface area contributed by atoms with Crippen LogP contribution < -0.4 is 9.47 Å². The summed E-state index contributed by atoms with van der Waals surface area (Å²) >= 11 is 6.17. The summed E-state index contributed by atoms with van der Waals surface area (Å²) in [5, 5.41) is 1.60. The minimum Gasteiger partial charge on any atom is -0.493 e. The lowest BCUT2D eigenvalue weighted by molar-refractivity contribution is 0.0721. The fourth-order valence-corrected chi connectivity index (χ4v) is 4.24. The number of benzene rings is 2. The summed E-state index contributed by atoms with van der Waals surface area (Å²) in [7, 11) is 4.91. The van der Waals surface area contributed by atoms with E-state index in [2.05, 4.69) is 0 Å². The second-order valence-electron chi connectivity index (χ2n) is 7.33. The zero-order valence-corrected chi connectivity index (χ0v) is 18.2. The predicted octanol–water partition coefficient (Wildman–Crippen LogP) is 4.16. The lowest BCUT2D eigenvalue weighted by Gasteiger charge is -2.30. The van der Waals surface area contributed by atoms with E-state index in [4.69, 9.17) is 25.8 Å². The molecule has 0 spiro atoms. The maximum absolute atomic E-state index is 13.5. The largest absolute Gasteiger partial charge is 0.493 e. The number of methoxy groups -OCH3 is 3. The molecule has 1 aliphatic rings. The highest BCUT2D eigenvalue weighted by Crippen LogP contribution is 2.34. The summed E-state index contributed by atoms with van der Waals surface area (Å²) in [5.41, 5.74) is 3.88. The molecular formula is C23H25ClN2O4. The number of amides is 1. The molecule has 7 heteroatoms. The number of fused-ring (bicyclic) bond motifs is 2. The Morgan fingerprint density at radius 3 is 2.47 bits per heavy atom. The molecule has 0 saturated heterocycles. The summed E-state index contributed by atoms with van der Waals surface area (Å²) in [6, 6.07) is 11.6. The average Bonchev–Trinajstić information content (AvgIpc) is 3.12. The van der Waals surface area contributed by atoms with Crippen LogP contribution in [0.4, 0.5) is 0 Å². The first-order valence-corrected chi connectivity index (χ1v) is 10.2. The van der Waals surface area contributed by atoms with Gasteiger partial charge in [0, 0.05) is 42.7 Å². The molecule has 4 rings (SSSR count). The van der Waals surface area contributed by atoms with Gasteiger partial charge in [0.05, 0.1) is 20.8 Å². The minimum absolute atomic E-state index is 0.00106. The Morgan fingerprint density at radius 1 is 1.03 bits per heavy atom. The first kappa shape index (κ1) is 20.6. The molecule has 0 aliphatic carbocycles. The number of nitrogens with zero attached hydrogens (tertiary/aromatic N) is 2. The first-order valence-electron chi connectivity index (χ1n) is 9.86. The zero-order valence-electron chi connectivity index (χ0n) is 17.4. The van der Waals surface area contributed by atoms with E-state index in [0.717, 1.165) is 22.9 Å². The van der Waals surface area contributed by atoms with Gasteiger partial charge in [-0.2, -0.15) is 0 Å². The van der Waals surface area contributed by atoms with Gasteiger partial charge >= 0.3 is 0 Å². The minimum atomic E-state index is -0.00106. The van der Waals surface area contributed by atoms with Gasteiger partial charge in [0.15, 0.2) is 11.5 Å². The van der Waals surface area contributed by atoms with E-state index in [9.17, 15) is 4.79 Å². The van der Waals surface area contributed by atoms with E-state index < -0.39 is 0 Å². The maximum Gasteiger partial charge on any atom is 0.270 e.